The molecular formula is C19H30N2O3. The molecule has 0 spiro atoms. The smallest absolute Gasteiger partial charge is 0.223 e. The molecule has 1 aromatic rings. The van der Waals surface area contributed by atoms with Gasteiger partial charge in [0.05, 0.1) is 12.0 Å². The van der Waals surface area contributed by atoms with Crippen molar-refractivity contribution in [2.24, 2.45) is 0 Å². The molecule has 0 unspecified atom stereocenters. The van der Waals surface area contributed by atoms with Crippen molar-refractivity contribution >= 4 is 5.91 Å². The number of hydrogen-bond acceptors (Lipinski definition) is 4. The lowest BCUT2D eigenvalue weighted by molar-refractivity contribution is -0.127. The van der Waals surface area contributed by atoms with Gasteiger partial charge in [0.1, 0.15) is 12.4 Å². The summed E-state index contributed by atoms with van der Waals surface area (Å²) in [5, 5.41) is 13.4. The maximum absolute atomic E-state index is 12.1. The third kappa shape index (κ3) is 6.49. The molecule has 1 aliphatic rings. The quantitative estimate of drug-likeness (QED) is 0.766. The van der Waals surface area contributed by atoms with Gasteiger partial charge in [0, 0.05) is 13.1 Å². The molecule has 0 bridgehead atoms. The topological polar surface area (TPSA) is 61.8 Å². The molecule has 0 heterocycles. The molecule has 1 amide bonds. The highest BCUT2D eigenvalue weighted by molar-refractivity contribution is 5.77. The van der Waals surface area contributed by atoms with Crippen LogP contribution in [0.5, 0.6) is 5.75 Å². The van der Waals surface area contributed by atoms with E-state index in [1.807, 2.05) is 38.4 Å². The largest absolute Gasteiger partial charge is 0.492 e. The van der Waals surface area contributed by atoms with E-state index in [-0.39, 0.29) is 12.3 Å². The fourth-order valence-corrected chi connectivity index (χ4v) is 3.04. The van der Waals surface area contributed by atoms with E-state index >= 15 is 0 Å². The summed E-state index contributed by atoms with van der Waals surface area (Å²) in [5.74, 6) is 0.729. The molecule has 134 valence electrons. The van der Waals surface area contributed by atoms with Crippen molar-refractivity contribution in [3.63, 3.8) is 0 Å². The Labute approximate surface area is 145 Å². The molecule has 2 rings (SSSR count). The molecule has 0 atom stereocenters. The van der Waals surface area contributed by atoms with Crippen molar-refractivity contribution in [3.05, 3.63) is 29.8 Å². The van der Waals surface area contributed by atoms with Gasteiger partial charge in [-0.15, -0.1) is 0 Å². The minimum absolute atomic E-state index is 0.0849. The second-order valence-corrected chi connectivity index (χ2v) is 7.04. The predicted molar refractivity (Wildman–Crippen MR) is 95.0 cm³/mol. The average Bonchev–Trinajstić information content (AvgIpc) is 2.53. The van der Waals surface area contributed by atoms with Crippen molar-refractivity contribution in [3.8, 4) is 5.75 Å². The van der Waals surface area contributed by atoms with E-state index in [9.17, 15) is 9.90 Å². The summed E-state index contributed by atoms with van der Waals surface area (Å²) in [7, 11) is 4.02. The van der Waals surface area contributed by atoms with Crippen LogP contribution in [0.4, 0.5) is 0 Å². The summed E-state index contributed by atoms with van der Waals surface area (Å²) in [6, 6.07) is 7.77. The van der Waals surface area contributed by atoms with E-state index in [0.29, 0.717) is 13.2 Å². The fraction of sp³-hybridized carbons (Fsp3) is 0.632. The number of carbonyl (C=O) groups excluding carboxylic acids is 1. The summed E-state index contributed by atoms with van der Waals surface area (Å²) in [6.45, 7) is 1.95. The Hall–Kier alpha value is -1.59. The number of carbonyl (C=O) groups is 1. The number of nitrogens with one attached hydrogen (secondary N) is 1. The molecule has 0 saturated heterocycles. The van der Waals surface area contributed by atoms with Crippen molar-refractivity contribution in [1.29, 1.82) is 0 Å². The van der Waals surface area contributed by atoms with Gasteiger partial charge < -0.3 is 20.1 Å². The zero-order valence-corrected chi connectivity index (χ0v) is 14.9. The van der Waals surface area contributed by atoms with Gasteiger partial charge in [-0.1, -0.05) is 31.4 Å². The Kier molecular flexibility index (Phi) is 7.06. The minimum Gasteiger partial charge on any atom is -0.492 e. The van der Waals surface area contributed by atoms with Crippen molar-refractivity contribution in [2.45, 2.75) is 50.7 Å². The number of nitrogens with zero attached hydrogens (tertiary/aromatic N) is 1. The Morgan fingerprint density at radius 3 is 2.75 bits per heavy atom. The van der Waals surface area contributed by atoms with Crippen molar-refractivity contribution in [1.82, 2.24) is 10.2 Å². The molecule has 1 fully saturated rings. The number of likely N-dealkylation sites (N-methyl/N-ethyl adjacent to an activating group) is 1. The van der Waals surface area contributed by atoms with E-state index in [4.69, 9.17) is 4.74 Å². The summed E-state index contributed by atoms with van der Waals surface area (Å²) < 4.78 is 5.71. The van der Waals surface area contributed by atoms with Crippen LogP contribution in [-0.2, 0) is 11.3 Å². The summed E-state index contributed by atoms with van der Waals surface area (Å²) in [6.07, 6.45) is 4.84. The first kappa shape index (κ1) is 18.7. The number of ether oxygens (including phenoxy) is 1. The van der Waals surface area contributed by atoms with Gasteiger partial charge in [-0.25, -0.2) is 0 Å². The summed E-state index contributed by atoms with van der Waals surface area (Å²) in [5.41, 5.74) is 0.195. The monoisotopic (exact) mass is 334 g/mol. The highest BCUT2D eigenvalue weighted by atomic mass is 16.5. The van der Waals surface area contributed by atoms with E-state index in [2.05, 4.69) is 10.2 Å². The molecule has 0 aliphatic heterocycles. The van der Waals surface area contributed by atoms with Gasteiger partial charge >= 0.3 is 0 Å². The summed E-state index contributed by atoms with van der Waals surface area (Å²) >= 11 is 0. The third-order valence-corrected chi connectivity index (χ3v) is 4.47. The molecular weight excluding hydrogens is 304 g/mol. The van der Waals surface area contributed by atoms with Crippen LogP contribution in [0.3, 0.4) is 0 Å². The highest BCUT2D eigenvalue weighted by Crippen LogP contribution is 2.30. The first-order valence-corrected chi connectivity index (χ1v) is 8.82. The average molecular weight is 334 g/mol. The maximum Gasteiger partial charge on any atom is 0.223 e. The van der Waals surface area contributed by atoms with E-state index in [0.717, 1.165) is 50.0 Å². The molecule has 24 heavy (non-hydrogen) atoms. The first-order valence-electron chi connectivity index (χ1n) is 8.82. The molecule has 0 radical (unpaired) electrons. The predicted octanol–water partition coefficient (Wildman–Crippen LogP) is 2.33. The van der Waals surface area contributed by atoms with Crippen LogP contribution < -0.4 is 10.1 Å². The molecule has 1 saturated carbocycles. The van der Waals surface area contributed by atoms with E-state index < -0.39 is 5.60 Å². The number of amides is 1. The van der Waals surface area contributed by atoms with Gasteiger partial charge in [-0.2, -0.15) is 0 Å². The highest BCUT2D eigenvalue weighted by Gasteiger charge is 2.31. The molecule has 1 aromatic carbocycles. The molecule has 2 N–H and O–H groups in total. The first-order chi connectivity index (χ1) is 11.5. The van der Waals surface area contributed by atoms with Crippen LogP contribution in [0.1, 0.15) is 44.1 Å². The van der Waals surface area contributed by atoms with Crippen LogP contribution in [0.25, 0.3) is 0 Å². The standard InChI is InChI=1S/C19H30N2O3/c1-21(2)11-12-24-17-8-6-7-16(13-17)15-20-18(22)14-19(23)9-4-3-5-10-19/h6-8,13,23H,3-5,9-12,14-15H2,1-2H3,(H,20,22). The Bertz CT molecular complexity index is 525. The SMILES string of the molecule is CN(C)CCOc1cccc(CNC(=O)CC2(O)CCCCC2)c1. The van der Waals surface area contributed by atoms with Gasteiger partial charge in [0.15, 0.2) is 0 Å². The number of benzene rings is 1. The number of rotatable bonds is 8. The van der Waals surface area contributed by atoms with E-state index in [1.165, 1.54) is 0 Å². The van der Waals surface area contributed by atoms with Gasteiger partial charge in [-0.3, -0.25) is 4.79 Å². The zero-order valence-electron chi connectivity index (χ0n) is 14.9. The molecule has 5 nitrogen and oxygen atoms in total. The molecule has 1 aliphatic carbocycles. The van der Waals surface area contributed by atoms with Crippen LogP contribution >= 0.6 is 0 Å². The lowest BCUT2D eigenvalue weighted by Gasteiger charge is -2.31. The van der Waals surface area contributed by atoms with Gasteiger partial charge in [0.25, 0.3) is 0 Å². The van der Waals surface area contributed by atoms with Crippen LogP contribution in [0.15, 0.2) is 24.3 Å². The second kappa shape index (κ2) is 9.04. The lowest BCUT2D eigenvalue weighted by Crippen LogP contribution is -2.38. The summed E-state index contributed by atoms with van der Waals surface area (Å²) in [4.78, 5) is 14.2. The van der Waals surface area contributed by atoms with Crippen molar-refractivity contribution < 1.29 is 14.6 Å². The Balaban J connectivity index is 1.77. The van der Waals surface area contributed by atoms with Crippen LogP contribution in [0.2, 0.25) is 0 Å². The molecule has 5 heteroatoms. The third-order valence-electron chi connectivity index (χ3n) is 4.47. The van der Waals surface area contributed by atoms with Gasteiger partial charge in [0.2, 0.25) is 5.91 Å². The maximum atomic E-state index is 12.1. The molecule has 0 aromatic heterocycles. The fourth-order valence-electron chi connectivity index (χ4n) is 3.04. The van der Waals surface area contributed by atoms with Crippen LogP contribution in [-0.4, -0.2) is 48.8 Å². The second-order valence-electron chi connectivity index (χ2n) is 7.04. The van der Waals surface area contributed by atoms with Gasteiger partial charge in [-0.05, 0) is 44.6 Å². The zero-order chi connectivity index (χ0) is 17.4. The Morgan fingerprint density at radius 2 is 2.04 bits per heavy atom. The minimum atomic E-state index is -0.806. The van der Waals surface area contributed by atoms with Crippen LogP contribution in [0, 0.1) is 0 Å². The normalized spacial score (nSPS) is 16.8. The Morgan fingerprint density at radius 1 is 1.29 bits per heavy atom. The number of hydrogen-bond donors (Lipinski definition) is 2. The van der Waals surface area contributed by atoms with Crippen molar-refractivity contribution in [2.75, 3.05) is 27.2 Å². The number of aliphatic hydroxyl groups is 1. The van der Waals surface area contributed by atoms with E-state index in [1.54, 1.807) is 0 Å². The lowest BCUT2D eigenvalue weighted by atomic mass is 9.82.